The van der Waals surface area contributed by atoms with Gasteiger partial charge < -0.3 is 14.4 Å². The fraction of sp³-hybridized carbons (Fsp3) is 0.769. The number of aromatic nitrogens is 2. The highest BCUT2D eigenvalue weighted by atomic mass is 16.5. The molecule has 1 aromatic rings. The molecule has 1 aromatic heterocycles. The molecule has 0 saturated carbocycles. The Morgan fingerprint density at radius 3 is 3.12 bits per heavy atom. The van der Waals surface area contributed by atoms with E-state index in [1.807, 2.05) is 17.8 Å². The van der Waals surface area contributed by atoms with Crippen molar-refractivity contribution in [3.05, 3.63) is 18.2 Å². The van der Waals surface area contributed by atoms with Crippen molar-refractivity contribution >= 4 is 0 Å². The van der Waals surface area contributed by atoms with Crippen molar-refractivity contribution in [1.82, 2.24) is 9.55 Å². The molecule has 1 saturated heterocycles. The molecule has 0 aliphatic carbocycles. The number of rotatable bonds is 5. The summed E-state index contributed by atoms with van der Waals surface area (Å²) < 4.78 is 7.63. The van der Waals surface area contributed by atoms with Crippen molar-refractivity contribution in [3.63, 3.8) is 0 Å². The van der Waals surface area contributed by atoms with Gasteiger partial charge in [0.05, 0.1) is 12.2 Å². The maximum Gasteiger partial charge on any atom is 0.108 e. The fourth-order valence-corrected chi connectivity index (χ4v) is 2.35. The Morgan fingerprint density at radius 2 is 2.47 bits per heavy atom. The number of imidazole rings is 1. The predicted octanol–water partition coefficient (Wildman–Crippen LogP) is 1.67. The van der Waals surface area contributed by atoms with Crippen LogP contribution in [0.2, 0.25) is 0 Å². The van der Waals surface area contributed by atoms with Crippen molar-refractivity contribution in [1.29, 1.82) is 0 Å². The van der Waals surface area contributed by atoms with Gasteiger partial charge in [-0.3, -0.25) is 0 Å². The molecule has 0 spiro atoms. The third-order valence-electron chi connectivity index (χ3n) is 3.43. The second-order valence-electron chi connectivity index (χ2n) is 4.87. The summed E-state index contributed by atoms with van der Waals surface area (Å²) >= 11 is 0. The third-order valence-corrected chi connectivity index (χ3v) is 3.43. The molecule has 4 nitrogen and oxygen atoms in total. The Hall–Kier alpha value is -0.870. The van der Waals surface area contributed by atoms with Crippen LogP contribution < -0.4 is 0 Å². The first-order valence-electron chi connectivity index (χ1n) is 6.51. The summed E-state index contributed by atoms with van der Waals surface area (Å²) in [5, 5.41) is 9.97. The predicted molar refractivity (Wildman–Crippen MR) is 65.7 cm³/mol. The highest BCUT2D eigenvalue weighted by Gasteiger charge is 2.18. The summed E-state index contributed by atoms with van der Waals surface area (Å²) in [7, 11) is 1.99. The lowest BCUT2D eigenvalue weighted by atomic mass is 10.0. The normalized spacial score (nSPS) is 22.6. The van der Waals surface area contributed by atoms with Gasteiger partial charge in [0.15, 0.2) is 0 Å². The second-order valence-corrected chi connectivity index (χ2v) is 4.87. The summed E-state index contributed by atoms with van der Waals surface area (Å²) in [6.45, 7) is 0.858. The van der Waals surface area contributed by atoms with Gasteiger partial charge in [0.2, 0.25) is 0 Å². The Labute approximate surface area is 103 Å². The zero-order chi connectivity index (χ0) is 12.1. The fourth-order valence-electron chi connectivity index (χ4n) is 2.35. The Kier molecular flexibility index (Phi) is 4.57. The number of hydrogen-bond acceptors (Lipinski definition) is 3. The SMILES string of the molecule is Cn1ccnc1CCC(O)CC1CCCCO1. The van der Waals surface area contributed by atoms with E-state index in [0.29, 0.717) is 0 Å². The lowest BCUT2D eigenvalue weighted by Crippen LogP contribution is -2.25. The van der Waals surface area contributed by atoms with Crippen LogP contribution >= 0.6 is 0 Å². The topological polar surface area (TPSA) is 47.3 Å². The maximum absolute atomic E-state index is 9.97. The van der Waals surface area contributed by atoms with E-state index in [0.717, 1.165) is 38.1 Å². The lowest BCUT2D eigenvalue weighted by Gasteiger charge is -2.24. The first-order chi connectivity index (χ1) is 8.25. The monoisotopic (exact) mass is 238 g/mol. The molecule has 0 radical (unpaired) electrons. The Bertz CT molecular complexity index is 332. The van der Waals surface area contributed by atoms with Crippen LogP contribution in [-0.4, -0.2) is 33.5 Å². The van der Waals surface area contributed by atoms with Gasteiger partial charge in [-0.05, 0) is 32.1 Å². The summed E-state index contributed by atoms with van der Waals surface area (Å²) in [6.07, 6.45) is 9.59. The number of aliphatic hydroxyl groups excluding tert-OH is 1. The van der Waals surface area contributed by atoms with E-state index in [4.69, 9.17) is 4.74 Å². The highest BCUT2D eigenvalue weighted by molar-refractivity contribution is 4.91. The molecule has 4 heteroatoms. The highest BCUT2D eigenvalue weighted by Crippen LogP contribution is 2.18. The van der Waals surface area contributed by atoms with E-state index in [1.165, 1.54) is 12.8 Å². The van der Waals surface area contributed by atoms with Crippen LogP contribution in [0.5, 0.6) is 0 Å². The van der Waals surface area contributed by atoms with Gasteiger partial charge in [-0.25, -0.2) is 4.98 Å². The van der Waals surface area contributed by atoms with Gasteiger partial charge in [0.1, 0.15) is 5.82 Å². The molecule has 0 amide bonds. The van der Waals surface area contributed by atoms with Gasteiger partial charge in [-0.1, -0.05) is 0 Å². The quantitative estimate of drug-likeness (QED) is 0.849. The molecule has 1 aliphatic rings. The number of aliphatic hydroxyl groups is 1. The number of hydrogen-bond donors (Lipinski definition) is 1. The molecule has 2 rings (SSSR count). The maximum atomic E-state index is 9.97. The van der Waals surface area contributed by atoms with Crippen molar-refractivity contribution < 1.29 is 9.84 Å². The third kappa shape index (κ3) is 3.82. The smallest absolute Gasteiger partial charge is 0.108 e. The van der Waals surface area contributed by atoms with E-state index in [-0.39, 0.29) is 12.2 Å². The van der Waals surface area contributed by atoms with E-state index < -0.39 is 0 Å². The van der Waals surface area contributed by atoms with E-state index in [2.05, 4.69) is 4.98 Å². The van der Waals surface area contributed by atoms with Crippen molar-refractivity contribution in [2.45, 2.75) is 50.7 Å². The standard InChI is InChI=1S/C13H22N2O2/c1-15-8-7-14-13(15)6-5-11(16)10-12-4-2-3-9-17-12/h7-8,11-12,16H,2-6,9-10H2,1H3. The van der Waals surface area contributed by atoms with Crippen molar-refractivity contribution in [2.24, 2.45) is 7.05 Å². The van der Waals surface area contributed by atoms with Gasteiger partial charge >= 0.3 is 0 Å². The number of aryl methyl sites for hydroxylation is 2. The van der Waals surface area contributed by atoms with Crippen LogP contribution in [0.25, 0.3) is 0 Å². The van der Waals surface area contributed by atoms with E-state index in [1.54, 1.807) is 6.20 Å². The van der Waals surface area contributed by atoms with Gasteiger partial charge in [0.25, 0.3) is 0 Å². The minimum atomic E-state index is -0.269. The van der Waals surface area contributed by atoms with Crippen LogP contribution in [0.3, 0.4) is 0 Å². The van der Waals surface area contributed by atoms with Crippen LogP contribution in [0.4, 0.5) is 0 Å². The summed E-state index contributed by atoms with van der Waals surface area (Å²) in [6, 6.07) is 0. The molecule has 2 heterocycles. The molecule has 1 aliphatic heterocycles. The average molecular weight is 238 g/mol. The molecule has 0 bridgehead atoms. The molecule has 1 fully saturated rings. The molecule has 17 heavy (non-hydrogen) atoms. The average Bonchev–Trinajstić information content (AvgIpc) is 2.74. The minimum Gasteiger partial charge on any atom is -0.393 e. The van der Waals surface area contributed by atoms with Gasteiger partial charge in [-0.15, -0.1) is 0 Å². The molecule has 1 N–H and O–H groups in total. The largest absolute Gasteiger partial charge is 0.393 e. The number of nitrogens with zero attached hydrogens (tertiary/aromatic N) is 2. The zero-order valence-corrected chi connectivity index (χ0v) is 10.5. The van der Waals surface area contributed by atoms with Crippen LogP contribution in [0.15, 0.2) is 12.4 Å². The summed E-state index contributed by atoms with van der Waals surface area (Å²) in [4.78, 5) is 4.26. The van der Waals surface area contributed by atoms with Gasteiger partial charge in [-0.2, -0.15) is 0 Å². The second kappa shape index (κ2) is 6.17. The Balaban J connectivity index is 1.70. The van der Waals surface area contributed by atoms with Crippen LogP contribution in [0, 0.1) is 0 Å². The number of ether oxygens (including phenoxy) is 1. The lowest BCUT2D eigenvalue weighted by molar-refractivity contribution is -0.0163. The van der Waals surface area contributed by atoms with Crippen molar-refractivity contribution in [3.8, 4) is 0 Å². The first-order valence-corrected chi connectivity index (χ1v) is 6.51. The first kappa shape index (κ1) is 12.6. The minimum absolute atomic E-state index is 0.264. The Morgan fingerprint density at radius 1 is 1.59 bits per heavy atom. The van der Waals surface area contributed by atoms with E-state index >= 15 is 0 Å². The molecular formula is C13H22N2O2. The van der Waals surface area contributed by atoms with Crippen LogP contribution in [0.1, 0.15) is 37.9 Å². The van der Waals surface area contributed by atoms with Gasteiger partial charge in [0, 0.05) is 32.5 Å². The summed E-state index contributed by atoms with van der Waals surface area (Å²) in [5.74, 6) is 1.04. The molecule has 96 valence electrons. The summed E-state index contributed by atoms with van der Waals surface area (Å²) in [5.41, 5.74) is 0. The van der Waals surface area contributed by atoms with Crippen molar-refractivity contribution in [2.75, 3.05) is 6.61 Å². The molecule has 0 aromatic carbocycles. The molecule has 2 unspecified atom stereocenters. The zero-order valence-electron chi connectivity index (χ0n) is 10.5. The van der Waals surface area contributed by atoms with E-state index in [9.17, 15) is 5.11 Å². The van der Waals surface area contributed by atoms with Crippen LogP contribution in [-0.2, 0) is 18.2 Å². The molecule has 2 atom stereocenters. The molecular weight excluding hydrogens is 216 g/mol.